The number of ether oxygens (including phenoxy) is 1. The van der Waals surface area contributed by atoms with Crippen molar-refractivity contribution < 1.29 is 19.5 Å². The Morgan fingerprint density at radius 1 is 1.43 bits per heavy atom. The van der Waals surface area contributed by atoms with E-state index in [9.17, 15) is 14.8 Å². The Morgan fingerprint density at radius 3 is 2.76 bits per heavy atom. The van der Waals surface area contributed by atoms with Crippen LogP contribution in [0.4, 0.5) is 5.69 Å². The Morgan fingerprint density at radius 2 is 2.14 bits per heavy atom. The monoisotopic (exact) mass is 289 g/mol. The van der Waals surface area contributed by atoms with E-state index in [0.29, 0.717) is 24.1 Å². The highest BCUT2D eigenvalue weighted by molar-refractivity contribution is 5.98. The predicted octanol–water partition coefficient (Wildman–Crippen LogP) is 1.31. The summed E-state index contributed by atoms with van der Waals surface area (Å²) in [7, 11) is 0. The number of anilines is 1. The Kier molecular flexibility index (Phi) is 3.36. The molecule has 2 aliphatic heterocycles. The van der Waals surface area contributed by atoms with Gasteiger partial charge in [0.2, 0.25) is 5.91 Å². The highest BCUT2D eigenvalue weighted by atomic mass is 16.8. The van der Waals surface area contributed by atoms with Crippen LogP contribution < -0.4 is 5.23 Å². The minimum atomic E-state index is -0.526. The van der Waals surface area contributed by atoms with Crippen LogP contribution in [0.2, 0.25) is 0 Å². The first kappa shape index (κ1) is 13.6. The average molecular weight is 289 g/mol. The van der Waals surface area contributed by atoms with E-state index < -0.39 is 5.97 Å². The molecule has 2 heterocycles. The second kappa shape index (κ2) is 5.19. The molecule has 0 radical (unpaired) electrons. The summed E-state index contributed by atoms with van der Waals surface area (Å²) in [4.78, 5) is 24.8. The minimum absolute atomic E-state index is 0.0352. The lowest BCUT2D eigenvalue weighted by Crippen LogP contribution is -2.49. The molecule has 1 aromatic carbocycles. The van der Waals surface area contributed by atoms with E-state index in [4.69, 9.17) is 9.94 Å². The molecule has 1 saturated heterocycles. The Labute approximate surface area is 120 Å². The second-order valence-corrected chi connectivity index (χ2v) is 4.96. The number of fused-ring (bicyclic) bond motifs is 1. The predicted molar refractivity (Wildman–Crippen MR) is 71.8 cm³/mol. The second-order valence-electron chi connectivity index (χ2n) is 4.96. The van der Waals surface area contributed by atoms with Crippen molar-refractivity contribution in [3.63, 3.8) is 0 Å². The molecule has 0 spiro atoms. The normalized spacial score (nSPS) is 19.7. The number of amides is 1. The van der Waals surface area contributed by atoms with Crippen molar-refractivity contribution in [1.82, 2.24) is 4.90 Å². The van der Waals surface area contributed by atoms with Crippen molar-refractivity contribution in [2.45, 2.75) is 25.5 Å². The van der Waals surface area contributed by atoms with Crippen molar-refractivity contribution in [3.8, 4) is 0 Å². The van der Waals surface area contributed by atoms with E-state index in [-0.39, 0.29) is 29.5 Å². The highest BCUT2D eigenvalue weighted by Crippen LogP contribution is 2.34. The summed E-state index contributed by atoms with van der Waals surface area (Å²) in [6.07, 6.45) is 2.91. The number of β-lactam (4-membered cyclic amide) rings is 1. The van der Waals surface area contributed by atoms with Crippen molar-refractivity contribution in [2.24, 2.45) is 0 Å². The highest BCUT2D eigenvalue weighted by Gasteiger charge is 2.44. The quantitative estimate of drug-likeness (QED) is 0.510. The minimum Gasteiger partial charge on any atom is -0.733 e. The van der Waals surface area contributed by atoms with E-state index in [1.165, 1.54) is 17.0 Å². The zero-order chi connectivity index (χ0) is 15.0. The van der Waals surface area contributed by atoms with Gasteiger partial charge in [-0.25, -0.2) is 4.79 Å². The molecular formula is C14H13N2O5-. The van der Waals surface area contributed by atoms with Crippen LogP contribution in [0.5, 0.6) is 0 Å². The molecule has 1 fully saturated rings. The Bertz CT molecular complexity index is 608. The van der Waals surface area contributed by atoms with Crippen LogP contribution in [0.25, 0.3) is 0 Å². The van der Waals surface area contributed by atoms with E-state index >= 15 is 0 Å². The summed E-state index contributed by atoms with van der Waals surface area (Å²) in [6, 6.07) is 6.10. The number of esters is 1. The zero-order valence-corrected chi connectivity index (χ0v) is 11.1. The van der Waals surface area contributed by atoms with Gasteiger partial charge in [0.25, 0.3) is 0 Å². The number of carbonyl (C=O) groups excluding carboxylic acids is 2. The maximum atomic E-state index is 11.9. The molecule has 1 N–H and O–H groups in total. The number of carbonyl (C=O) groups is 2. The topological polar surface area (TPSA) is 93.1 Å². The lowest BCUT2D eigenvalue weighted by Gasteiger charge is -2.35. The molecule has 1 amide bonds. The molecule has 1 atom stereocenters. The summed E-state index contributed by atoms with van der Waals surface area (Å²) < 4.78 is 5.16. The van der Waals surface area contributed by atoms with Gasteiger partial charge in [0, 0.05) is 12.5 Å². The van der Waals surface area contributed by atoms with Gasteiger partial charge in [0.15, 0.2) is 0 Å². The molecule has 0 saturated carbocycles. The average Bonchev–Trinajstić information content (AvgIpc) is 2.82. The molecule has 2 aliphatic rings. The van der Waals surface area contributed by atoms with Gasteiger partial charge in [0.1, 0.15) is 12.3 Å². The molecule has 0 aromatic heterocycles. The van der Waals surface area contributed by atoms with Crippen LogP contribution in [0.1, 0.15) is 18.4 Å². The molecule has 3 rings (SSSR count). The molecule has 1 aromatic rings. The molecule has 1 unspecified atom stereocenters. The first-order valence-electron chi connectivity index (χ1n) is 6.50. The SMILES string of the molecule is O=C(OCc1ccc(N([O-])O)cc1)C1=CCC2CC(=O)N12. The van der Waals surface area contributed by atoms with Gasteiger partial charge in [-0.15, -0.1) is 0 Å². The first-order valence-corrected chi connectivity index (χ1v) is 6.50. The van der Waals surface area contributed by atoms with Gasteiger partial charge in [-0.1, -0.05) is 18.2 Å². The standard InChI is InChI=1S/C14H13N2O5/c17-13-7-11-5-6-12(15(11)13)14(18)21-8-9-1-3-10(4-2-9)16(19)20/h1-4,6,11,19H,5,7-8H2/q-1. The summed E-state index contributed by atoms with van der Waals surface area (Å²) >= 11 is 0. The Balaban J connectivity index is 1.58. The third-order valence-corrected chi connectivity index (χ3v) is 3.62. The smallest absolute Gasteiger partial charge is 0.355 e. The van der Waals surface area contributed by atoms with E-state index in [0.717, 1.165) is 0 Å². The largest absolute Gasteiger partial charge is 0.733 e. The first-order chi connectivity index (χ1) is 10.1. The summed E-state index contributed by atoms with van der Waals surface area (Å²) in [5.41, 5.74) is 1.09. The molecular weight excluding hydrogens is 276 g/mol. The Hall–Kier alpha value is -2.38. The molecule has 0 aliphatic carbocycles. The van der Waals surface area contributed by atoms with E-state index in [1.54, 1.807) is 18.2 Å². The number of rotatable bonds is 4. The van der Waals surface area contributed by atoms with Gasteiger partial charge >= 0.3 is 5.97 Å². The number of nitrogens with zero attached hydrogens (tertiary/aromatic N) is 2. The van der Waals surface area contributed by atoms with E-state index in [1.807, 2.05) is 0 Å². The summed E-state index contributed by atoms with van der Waals surface area (Å²) in [6.45, 7) is 0.0352. The van der Waals surface area contributed by atoms with E-state index in [2.05, 4.69) is 0 Å². The van der Waals surface area contributed by atoms with Crippen LogP contribution in [-0.4, -0.2) is 28.0 Å². The molecule has 7 heteroatoms. The fraction of sp³-hybridized carbons (Fsp3) is 0.286. The van der Waals surface area contributed by atoms with Gasteiger partial charge in [-0.3, -0.25) is 10.0 Å². The van der Waals surface area contributed by atoms with Gasteiger partial charge in [-0.2, -0.15) is 0 Å². The number of hydrogen-bond acceptors (Lipinski definition) is 6. The maximum Gasteiger partial charge on any atom is 0.355 e. The van der Waals surface area contributed by atoms with Gasteiger partial charge in [-0.05, 0) is 24.1 Å². The van der Waals surface area contributed by atoms with Crippen molar-refractivity contribution in [3.05, 3.63) is 46.8 Å². The lowest BCUT2D eigenvalue weighted by molar-refractivity contribution is -0.150. The third-order valence-electron chi connectivity index (χ3n) is 3.62. The van der Waals surface area contributed by atoms with Crippen LogP contribution in [0, 0.1) is 5.21 Å². The summed E-state index contributed by atoms with van der Waals surface area (Å²) in [5.74, 6) is -0.578. The number of hydrogen-bond donors (Lipinski definition) is 1. The third kappa shape index (κ3) is 2.48. The fourth-order valence-corrected chi connectivity index (χ4v) is 2.47. The zero-order valence-electron chi connectivity index (χ0n) is 11.1. The lowest BCUT2D eigenvalue weighted by atomic mass is 10.0. The maximum absolute atomic E-state index is 11.9. The number of benzene rings is 1. The van der Waals surface area contributed by atoms with Crippen LogP contribution in [-0.2, 0) is 20.9 Å². The van der Waals surface area contributed by atoms with Crippen molar-refractivity contribution in [2.75, 3.05) is 5.23 Å². The molecule has 7 nitrogen and oxygen atoms in total. The van der Waals surface area contributed by atoms with Crippen molar-refractivity contribution >= 4 is 17.6 Å². The van der Waals surface area contributed by atoms with Crippen LogP contribution in [0.15, 0.2) is 36.0 Å². The fourth-order valence-electron chi connectivity index (χ4n) is 2.47. The van der Waals surface area contributed by atoms with Gasteiger partial charge in [0.05, 0.1) is 5.69 Å². The summed E-state index contributed by atoms with van der Waals surface area (Å²) in [5, 5.41) is 19.1. The van der Waals surface area contributed by atoms with Crippen LogP contribution >= 0.6 is 0 Å². The van der Waals surface area contributed by atoms with Crippen molar-refractivity contribution in [1.29, 1.82) is 0 Å². The molecule has 110 valence electrons. The van der Waals surface area contributed by atoms with Gasteiger partial charge < -0.3 is 20.1 Å². The van der Waals surface area contributed by atoms with Crippen LogP contribution in [0.3, 0.4) is 0 Å². The molecule has 0 bridgehead atoms. The molecule has 21 heavy (non-hydrogen) atoms.